The normalized spacial score (nSPS) is 10.3. The van der Waals surface area contributed by atoms with Crippen LogP contribution < -0.4 is 10.5 Å². The number of hydrogen-bond acceptors (Lipinski definition) is 2. The molecule has 0 radical (unpaired) electrons. The first kappa shape index (κ1) is 14.8. The van der Waals surface area contributed by atoms with Gasteiger partial charge in [-0.3, -0.25) is 9.59 Å². The van der Waals surface area contributed by atoms with Crippen molar-refractivity contribution < 1.29 is 4.79 Å². The summed E-state index contributed by atoms with van der Waals surface area (Å²) in [6.07, 6.45) is 1.52. The van der Waals surface area contributed by atoms with Crippen LogP contribution in [0.2, 0.25) is 0 Å². The lowest BCUT2D eigenvalue weighted by Crippen LogP contribution is -2.34. The molecule has 0 fully saturated rings. The summed E-state index contributed by atoms with van der Waals surface area (Å²) in [6, 6.07) is 22.3. The molecule has 0 saturated carbocycles. The maximum atomic E-state index is 12.9. The van der Waals surface area contributed by atoms with Crippen molar-refractivity contribution in [2.24, 2.45) is 0 Å². The number of pyridine rings is 1. The van der Waals surface area contributed by atoms with Crippen LogP contribution in [-0.2, 0) is 6.54 Å². The summed E-state index contributed by atoms with van der Waals surface area (Å²) in [6.45, 7) is 0.401. The molecule has 2 aromatic carbocycles. The topological polar surface area (TPSA) is 53.2 Å². The highest BCUT2D eigenvalue weighted by Crippen LogP contribution is 2.19. The number of carbonyl (C=O) groups excluding carboxylic acids is 1. The molecule has 3 aromatic rings. The summed E-state index contributed by atoms with van der Waals surface area (Å²) in [5.74, 6) is -0.318. The number of nitrogens with zero attached hydrogens (tertiary/aromatic N) is 1. The smallest absolute Gasteiger partial charge is 0.264 e. The van der Waals surface area contributed by atoms with Crippen LogP contribution in [0.25, 0.3) is 0 Å². The van der Waals surface area contributed by atoms with Gasteiger partial charge >= 0.3 is 0 Å². The van der Waals surface area contributed by atoms with Crippen LogP contribution in [0.3, 0.4) is 0 Å². The van der Waals surface area contributed by atoms with Gasteiger partial charge in [-0.1, -0.05) is 48.5 Å². The van der Waals surface area contributed by atoms with Crippen molar-refractivity contribution in [3.8, 4) is 0 Å². The van der Waals surface area contributed by atoms with Gasteiger partial charge in [0.1, 0.15) is 5.56 Å². The summed E-state index contributed by atoms with van der Waals surface area (Å²) in [5, 5.41) is 0. The Morgan fingerprint density at radius 3 is 2.17 bits per heavy atom. The minimum absolute atomic E-state index is 0.132. The minimum Gasteiger partial charge on any atom is -0.328 e. The molecule has 0 aliphatic carbocycles. The van der Waals surface area contributed by atoms with Gasteiger partial charge in [-0.05, 0) is 29.8 Å². The average molecular weight is 304 g/mol. The third-order valence-corrected chi connectivity index (χ3v) is 3.55. The fourth-order valence-corrected chi connectivity index (χ4v) is 2.39. The molecule has 0 saturated heterocycles. The van der Waals surface area contributed by atoms with Gasteiger partial charge in [-0.25, -0.2) is 0 Å². The number of benzene rings is 2. The molecule has 114 valence electrons. The number of amides is 1. The van der Waals surface area contributed by atoms with Gasteiger partial charge < -0.3 is 9.88 Å². The lowest BCUT2D eigenvalue weighted by atomic mass is 10.1. The van der Waals surface area contributed by atoms with Gasteiger partial charge in [-0.15, -0.1) is 0 Å². The number of aromatic amines is 1. The van der Waals surface area contributed by atoms with E-state index in [9.17, 15) is 9.59 Å². The third-order valence-electron chi connectivity index (χ3n) is 3.55. The fourth-order valence-electron chi connectivity index (χ4n) is 2.39. The highest BCUT2D eigenvalue weighted by Gasteiger charge is 2.20. The van der Waals surface area contributed by atoms with Crippen molar-refractivity contribution in [3.05, 3.63) is 100 Å². The van der Waals surface area contributed by atoms with Crippen LogP contribution in [0.4, 0.5) is 5.69 Å². The van der Waals surface area contributed by atoms with E-state index in [-0.39, 0.29) is 17.0 Å². The summed E-state index contributed by atoms with van der Waals surface area (Å²) in [7, 11) is 0. The van der Waals surface area contributed by atoms with Crippen molar-refractivity contribution in [1.82, 2.24) is 4.98 Å². The Morgan fingerprint density at radius 1 is 0.870 bits per heavy atom. The molecule has 1 aromatic heterocycles. The Bertz CT molecular complexity index is 842. The van der Waals surface area contributed by atoms with Crippen molar-refractivity contribution in [2.75, 3.05) is 4.90 Å². The molecule has 0 aliphatic heterocycles. The van der Waals surface area contributed by atoms with Crippen LogP contribution in [-0.4, -0.2) is 10.9 Å². The minimum atomic E-state index is -0.383. The summed E-state index contributed by atoms with van der Waals surface area (Å²) < 4.78 is 0. The number of nitrogens with one attached hydrogen (secondary N) is 1. The molecule has 4 nitrogen and oxygen atoms in total. The molecular formula is C19H16N2O2. The van der Waals surface area contributed by atoms with E-state index in [4.69, 9.17) is 0 Å². The van der Waals surface area contributed by atoms with E-state index in [0.717, 1.165) is 11.3 Å². The van der Waals surface area contributed by atoms with Crippen molar-refractivity contribution >= 4 is 11.6 Å². The Balaban J connectivity index is 2.00. The van der Waals surface area contributed by atoms with E-state index in [1.807, 2.05) is 60.7 Å². The van der Waals surface area contributed by atoms with Crippen LogP contribution in [0.15, 0.2) is 83.8 Å². The lowest BCUT2D eigenvalue weighted by Gasteiger charge is -2.22. The van der Waals surface area contributed by atoms with Crippen molar-refractivity contribution in [3.63, 3.8) is 0 Å². The standard InChI is InChI=1S/C19H16N2O2/c22-18-17(12-7-13-20-18)19(23)21(16-10-5-2-6-11-16)14-15-8-3-1-4-9-15/h1-13H,14H2,(H,20,22). The van der Waals surface area contributed by atoms with Crippen molar-refractivity contribution in [2.45, 2.75) is 6.54 Å². The fraction of sp³-hybridized carbons (Fsp3) is 0.0526. The van der Waals surface area contributed by atoms with Crippen LogP contribution in [0, 0.1) is 0 Å². The van der Waals surface area contributed by atoms with E-state index in [1.54, 1.807) is 17.0 Å². The Kier molecular flexibility index (Phi) is 4.34. The zero-order valence-corrected chi connectivity index (χ0v) is 12.5. The molecule has 0 atom stereocenters. The van der Waals surface area contributed by atoms with Crippen molar-refractivity contribution in [1.29, 1.82) is 0 Å². The number of rotatable bonds is 4. The monoisotopic (exact) mass is 304 g/mol. The second kappa shape index (κ2) is 6.75. The van der Waals surface area contributed by atoms with Gasteiger partial charge in [0.25, 0.3) is 11.5 Å². The molecule has 1 N–H and O–H groups in total. The molecule has 4 heteroatoms. The first-order chi connectivity index (χ1) is 11.3. The SMILES string of the molecule is O=C(c1ccc[nH]c1=O)N(Cc1ccccc1)c1ccccc1. The van der Waals surface area contributed by atoms with E-state index in [2.05, 4.69) is 4.98 Å². The van der Waals surface area contributed by atoms with Crippen LogP contribution in [0.1, 0.15) is 15.9 Å². The van der Waals surface area contributed by atoms with Crippen LogP contribution >= 0.6 is 0 Å². The number of carbonyl (C=O) groups is 1. The number of hydrogen-bond donors (Lipinski definition) is 1. The second-order valence-corrected chi connectivity index (χ2v) is 5.13. The first-order valence-corrected chi connectivity index (χ1v) is 7.34. The maximum Gasteiger partial charge on any atom is 0.264 e. The van der Waals surface area contributed by atoms with E-state index >= 15 is 0 Å². The Labute approximate surface area is 134 Å². The maximum absolute atomic E-state index is 12.9. The second-order valence-electron chi connectivity index (χ2n) is 5.13. The molecule has 23 heavy (non-hydrogen) atoms. The van der Waals surface area contributed by atoms with E-state index in [1.165, 1.54) is 6.20 Å². The van der Waals surface area contributed by atoms with Gasteiger partial charge in [0.2, 0.25) is 0 Å². The predicted molar refractivity (Wildman–Crippen MR) is 90.5 cm³/mol. The number of para-hydroxylation sites is 1. The van der Waals surface area contributed by atoms with E-state index < -0.39 is 0 Å². The molecule has 0 unspecified atom stereocenters. The number of anilines is 1. The van der Waals surface area contributed by atoms with Crippen LogP contribution in [0.5, 0.6) is 0 Å². The molecular weight excluding hydrogens is 288 g/mol. The Morgan fingerprint density at radius 2 is 1.52 bits per heavy atom. The predicted octanol–water partition coefficient (Wildman–Crippen LogP) is 3.22. The highest BCUT2D eigenvalue weighted by molar-refractivity contribution is 6.05. The number of aromatic nitrogens is 1. The first-order valence-electron chi connectivity index (χ1n) is 7.34. The molecule has 1 heterocycles. The zero-order valence-electron chi connectivity index (χ0n) is 12.5. The summed E-state index contributed by atoms with van der Waals surface area (Å²) >= 11 is 0. The molecule has 0 bridgehead atoms. The molecule has 0 aliphatic rings. The Hall–Kier alpha value is -3.14. The van der Waals surface area contributed by atoms with Gasteiger partial charge in [0, 0.05) is 11.9 Å². The number of H-pyrrole nitrogens is 1. The highest BCUT2D eigenvalue weighted by atomic mass is 16.2. The summed E-state index contributed by atoms with van der Waals surface area (Å²) in [4.78, 5) is 29.0. The largest absolute Gasteiger partial charge is 0.328 e. The molecule has 1 amide bonds. The lowest BCUT2D eigenvalue weighted by molar-refractivity contribution is 0.0983. The van der Waals surface area contributed by atoms with Gasteiger partial charge in [-0.2, -0.15) is 0 Å². The van der Waals surface area contributed by atoms with E-state index in [0.29, 0.717) is 6.54 Å². The quantitative estimate of drug-likeness (QED) is 0.804. The third kappa shape index (κ3) is 3.37. The average Bonchev–Trinajstić information content (AvgIpc) is 2.61. The summed E-state index contributed by atoms with van der Waals surface area (Å²) in [5.41, 5.74) is 1.50. The van der Waals surface area contributed by atoms with Gasteiger partial charge in [0.15, 0.2) is 0 Å². The zero-order chi connectivity index (χ0) is 16.1. The van der Waals surface area contributed by atoms with Gasteiger partial charge in [0.05, 0.1) is 6.54 Å². The molecule has 3 rings (SSSR count). The molecule has 0 spiro atoms.